The summed E-state index contributed by atoms with van der Waals surface area (Å²) < 4.78 is 39.5. The van der Waals surface area contributed by atoms with E-state index in [0.717, 1.165) is 37.3 Å². The predicted octanol–water partition coefficient (Wildman–Crippen LogP) is 1.69. The van der Waals surface area contributed by atoms with Crippen LogP contribution in [0.1, 0.15) is 41.5 Å². The number of hydrogen-bond donors (Lipinski definition) is 1. The third kappa shape index (κ3) is 4.82. The molecule has 0 radical (unpaired) electrons. The highest BCUT2D eigenvalue weighted by Gasteiger charge is 2.34. The van der Waals surface area contributed by atoms with E-state index >= 15 is 0 Å². The minimum atomic E-state index is -4.23. The molecule has 1 N–H and O–H groups in total. The van der Waals surface area contributed by atoms with Crippen LogP contribution in [0.15, 0.2) is 0 Å². The van der Waals surface area contributed by atoms with Crippen molar-refractivity contribution in [2.75, 3.05) is 39.8 Å². The number of piperazine rings is 1. The van der Waals surface area contributed by atoms with Gasteiger partial charge in [0.2, 0.25) is 0 Å². The van der Waals surface area contributed by atoms with E-state index < -0.39 is 12.7 Å². The van der Waals surface area contributed by atoms with Gasteiger partial charge in [0.15, 0.2) is 5.69 Å². The van der Waals surface area contributed by atoms with Gasteiger partial charge < -0.3 is 15.1 Å². The fourth-order valence-corrected chi connectivity index (χ4v) is 3.85. The summed E-state index contributed by atoms with van der Waals surface area (Å²) in [4.78, 5) is 17.0. The van der Waals surface area contributed by atoms with E-state index in [0.29, 0.717) is 38.0 Å². The first kappa shape index (κ1) is 20.1. The zero-order valence-electron chi connectivity index (χ0n) is 16.0. The Morgan fingerprint density at radius 2 is 1.96 bits per heavy atom. The molecule has 1 aliphatic heterocycles. The Balaban J connectivity index is 1.79. The van der Waals surface area contributed by atoms with E-state index in [1.165, 1.54) is 0 Å². The van der Waals surface area contributed by atoms with Gasteiger partial charge in [-0.05, 0) is 32.7 Å². The highest BCUT2D eigenvalue weighted by atomic mass is 19.4. The van der Waals surface area contributed by atoms with Crippen molar-refractivity contribution in [3.63, 3.8) is 0 Å². The van der Waals surface area contributed by atoms with Gasteiger partial charge in [-0.3, -0.25) is 9.48 Å². The lowest BCUT2D eigenvalue weighted by molar-refractivity contribution is -0.126. The van der Waals surface area contributed by atoms with E-state index in [1.54, 1.807) is 0 Å². The van der Waals surface area contributed by atoms with Gasteiger partial charge in [-0.25, -0.2) is 0 Å². The van der Waals surface area contributed by atoms with Crippen LogP contribution in [0, 0.1) is 0 Å². The van der Waals surface area contributed by atoms with E-state index in [-0.39, 0.29) is 11.9 Å². The van der Waals surface area contributed by atoms with Crippen LogP contribution in [-0.4, -0.2) is 77.5 Å². The second-order valence-corrected chi connectivity index (χ2v) is 7.53. The predicted molar refractivity (Wildman–Crippen MR) is 95.8 cm³/mol. The van der Waals surface area contributed by atoms with Crippen molar-refractivity contribution in [2.24, 2.45) is 0 Å². The van der Waals surface area contributed by atoms with E-state index in [2.05, 4.69) is 15.3 Å². The van der Waals surface area contributed by atoms with Gasteiger partial charge in [-0.15, -0.1) is 0 Å². The lowest BCUT2D eigenvalue weighted by atomic mass is 9.91. The highest BCUT2D eigenvalue weighted by Crippen LogP contribution is 2.27. The van der Waals surface area contributed by atoms with Crippen LogP contribution in [0.5, 0.6) is 0 Å². The summed E-state index contributed by atoms with van der Waals surface area (Å²) in [6, 6.07) is -0.280. The maximum atomic E-state index is 13.1. The lowest BCUT2D eigenvalue weighted by Crippen LogP contribution is -2.47. The molecule has 0 saturated carbocycles. The van der Waals surface area contributed by atoms with Gasteiger partial charge in [-0.2, -0.15) is 18.3 Å². The molecule has 0 bridgehead atoms. The first-order valence-corrected chi connectivity index (χ1v) is 9.65. The molecule has 1 saturated heterocycles. The van der Waals surface area contributed by atoms with Gasteiger partial charge in [0.05, 0.1) is 6.54 Å². The molecule has 1 aliphatic carbocycles. The number of halogens is 3. The Kier molecular flexibility index (Phi) is 6.10. The molecule has 0 spiro atoms. The van der Waals surface area contributed by atoms with E-state index in [1.807, 2.05) is 23.6 Å². The summed E-state index contributed by atoms with van der Waals surface area (Å²) in [7, 11) is 2.02. The first-order valence-electron chi connectivity index (χ1n) is 9.65. The summed E-state index contributed by atoms with van der Waals surface area (Å²) in [5.74, 6) is -0.0920. The van der Waals surface area contributed by atoms with Crippen molar-refractivity contribution < 1.29 is 18.0 Å². The number of alkyl halides is 3. The number of rotatable bonds is 5. The minimum Gasteiger partial charge on any atom is -0.335 e. The number of fused-ring (bicyclic) bond motifs is 1. The monoisotopic (exact) mass is 387 g/mol. The maximum Gasteiger partial charge on any atom is 0.401 e. The minimum absolute atomic E-state index is 0.0920. The normalized spacial score (nSPS) is 21.4. The van der Waals surface area contributed by atoms with Crippen molar-refractivity contribution in [3.8, 4) is 0 Å². The molecule has 0 unspecified atom stereocenters. The molecule has 1 aromatic heterocycles. The number of hydrogen-bond acceptors (Lipinski definition) is 4. The van der Waals surface area contributed by atoms with Gasteiger partial charge in [0, 0.05) is 50.0 Å². The molecule has 152 valence electrons. The third-order valence-corrected chi connectivity index (χ3v) is 5.37. The second kappa shape index (κ2) is 8.18. The number of nitrogens with zero attached hydrogens (tertiary/aromatic N) is 4. The molecule has 0 aromatic carbocycles. The average Bonchev–Trinajstić information content (AvgIpc) is 2.98. The Morgan fingerprint density at radius 3 is 2.59 bits per heavy atom. The average molecular weight is 387 g/mol. The van der Waals surface area contributed by atoms with Crippen LogP contribution in [0.3, 0.4) is 0 Å². The molecule has 2 aliphatic rings. The van der Waals surface area contributed by atoms with Gasteiger partial charge >= 0.3 is 6.18 Å². The maximum absolute atomic E-state index is 13.1. The van der Waals surface area contributed by atoms with Crippen LogP contribution in [0.25, 0.3) is 0 Å². The summed E-state index contributed by atoms with van der Waals surface area (Å²) in [6.45, 7) is 4.71. The van der Waals surface area contributed by atoms with Crippen molar-refractivity contribution in [2.45, 2.75) is 51.4 Å². The van der Waals surface area contributed by atoms with Crippen LogP contribution in [-0.2, 0) is 19.4 Å². The zero-order chi connectivity index (χ0) is 19.6. The van der Waals surface area contributed by atoms with E-state index in [4.69, 9.17) is 0 Å². The molecule has 3 rings (SSSR count). The molecule has 1 amide bonds. The smallest absolute Gasteiger partial charge is 0.335 e. The quantitative estimate of drug-likeness (QED) is 0.836. The number of nitrogens with one attached hydrogen (secondary N) is 1. The summed E-state index contributed by atoms with van der Waals surface area (Å²) in [5.41, 5.74) is 2.28. The molecule has 27 heavy (non-hydrogen) atoms. The SMILES string of the molecule is CCCn1nc(C(=O)N2CCN(C)CC2)c2c1CC[C@@H](NCC(F)(F)F)C2. The van der Waals surface area contributed by atoms with Crippen molar-refractivity contribution in [3.05, 3.63) is 17.0 Å². The van der Waals surface area contributed by atoms with Crippen molar-refractivity contribution in [1.82, 2.24) is 24.9 Å². The van der Waals surface area contributed by atoms with E-state index in [9.17, 15) is 18.0 Å². The van der Waals surface area contributed by atoms with Crippen molar-refractivity contribution in [1.29, 1.82) is 0 Å². The summed E-state index contributed by atoms with van der Waals surface area (Å²) in [5, 5.41) is 7.18. The molecule has 1 fully saturated rings. The number of carbonyl (C=O) groups excluding carboxylic acids is 1. The van der Waals surface area contributed by atoms with Crippen molar-refractivity contribution >= 4 is 5.91 Å². The Labute approximate surface area is 157 Å². The van der Waals surface area contributed by atoms with Crippen LogP contribution in [0.2, 0.25) is 0 Å². The van der Waals surface area contributed by atoms with Gasteiger partial charge in [0.25, 0.3) is 5.91 Å². The molecule has 9 heteroatoms. The summed E-state index contributed by atoms with van der Waals surface area (Å²) >= 11 is 0. The third-order valence-electron chi connectivity index (χ3n) is 5.37. The molecular weight excluding hydrogens is 359 g/mol. The number of aromatic nitrogens is 2. The number of carbonyl (C=O) groups is 1. The molecule has 2 heterocycles. The zero-order valence-corrected chi connectivity index (χ0v) is 16.0. The second-order valence-electron chi connectivity index (χ2n) is 7.53. The molecule has 1 atom stereocenters. The number of likely N-dealkylation sites (N-methyl/N-ethyl adjacent to an activating group) is 1. The molecular formula is C18H28F3N5O. The Morgan fingerprint density at radius 1 is 1.26 bits per heavy atom. The summed E-state index contributed by atoms with van der Waals surface area (Å²) in [6.07, 6.45) is -1.64. The fourth-order valence-electron chi connectivity index (χ4n) is 3.85. The Bertz CT molecular complexity index is 665. The topological polar surface area (TPSA) is 53.4 Å². The van der Waals surface area contributed by atoms with Gasteiger partial charge in [0.1, 0.15) is 0 Å². The number of aryl methyl sites for hydroxylation is 1. The molecule has 6 nitrogen and oxygen atoms in total. The lowest BCUT2D eigenvalue weighted by Gasteiger charge is -2.32. The fraction of sp³-hybridized carbons (Fsp3) is 0.778. The Hall–Kier alpha value is -1.61. The standard InChI is InChI=1S/C18H28F3N5O/c1-3-6-26-15-5-4-13(22-12-18(19,20)21)11-14(15)16(23-26)17(27)25-9-7-24(2)8-10-25/h13,22H,3-12H2,1-2H3/t13-/m1/s1. The number of amides is 1. The largest absolute Gasteiger partial charge is 0.401 e. The van der Waals surface area contributed by atoms with Crippen LogP contribution >= 0.6 is 0 Å². The first-order chi connectivity index (χ1) is 12.8. The van der Waals surface area contributed by atoms with Crippen LogP contribution < -0.4 is 5.32 Å². The van der Waals surface area contributed by atoms with Crippen LogP contribution in [0.4, 0.5) is 13.2 Å². The van der Waals surface area contributed by atoms with Gasteiger partial charge in [-0.1, -0.05) is 6.92 Å². The highest BCUT2D eigenvalue weighted by molar-refractivity contribution is 5.94. The molecule has 1 aromatic rings.